The molecule has 150 valence electrons. The largest absolute Gasteiger partial charge is 0.497 e. The fourth-order valence-electron chi connectivity index (χ4n) is 3.25. The van der Waals surface area contributed by atoms with E-state index in [2.05, 4.69) is 19.2 Å². The Kier molecular flexibility index (Phi) is 6.29. The quantitative estimate of drug-likeness (QED) is 0.818. The minimum absolute atomic E-state index is 0.128. The summed E-state index contributed by atoms with van der Waals surface area (Å²) in [4.78, 5) is 14.5. The van der Waals surface area contributed by atoms with Crippen LogP contribution in [0.15, 0.2) is 42.5 Å². The van der Waals surface area contributed by atoms with Crippen molar-refractivity contribution in [3.8, 4) is 17.2 Å². The van der Waals surface area contributed by atoms with E-state index in [0.29, 0.717) is 19.8 Å². The second kappa shape index (κ2) is 8.87. The lowest BCUT2D eigenvalue weighted by atomic mass is 9.95. The fraction of sp³-hybridized carbons (Fsp3) is 0.409. The van der Waals surface area contributed by atoms with Gasteiger partial charge in [0.25, 0.3) is 0 Å². The minimum Gasteiger partial charge on any atom is -0.497 e. The number of hydrogen-bond acceptors (Lipinski definition) is 4. The molecule has 6 heteroatoms. The van der Waals surface area contributed by atoms with E-state index < -0.39 is 0 Å². The number of nitrogens with zero attached hydrogens (tertiary/aromatic N) is 1. The first-order valence-corrected chi connectivity index (χ1v) is 9.52. The van der Waals surface area contributed by atoms with E-state index in [0.717, 1.165) is 28.4 Å². The zero-order valence-electron chi connectivity index (χ0n) is 16.9. The van der Waals surface area contributed by atoms with E-state index in [9.17, 15) is 4.79 Å². The molecular weight excluding hydrogens is 356 g/mol. The molecule has 0 aromatic heterocycles. The second-order valence-electron chi connectivity index (χ2n) is 7.28. The Balaban J connectivity index is 1.70. The molecule has 1 atom stereocenters. The molecule has 0 fully saturated rings. The number of urea groups is 1. The summed E-state index contributed by atoms with van der Waals surface area (Å²) < 4.78 is 16.5. The summed E-state index contributed by atoms with van der Waals surface area (Å²) in [6.45, 7) is 5.77. The van der Waals surface area contributed by atoms with Crippen LogP contribution in [0.25, 0.3) is 0 Å². The first-order chi connectivity index (χ1) is 13.5. The Morgan fingerprint density at radius 2 is 1.89 bits per heavy atom. The van der Waals surface area contributed by atoms with E-state index in [1.54, 1.807) is 19.1 Å². The average molecular weight is 384 g/mol. The Bertz CT molecular complexity index is 822. The molecule has 0 spiro atoms. The minimum atomic E-state index is -0.129. The summed E-state index contributed by atoms with van der Waals surface area (Å²) in [7, 11) is 3.42. The number of ether oxygens (including phenoxy) is 3. The third-order valence-electron chi connectivity index (χ3n) is 4.77. The van der Waals surface area contributed by atoms with Gasteiger partial charge in [-0.05, 0) is 41.3 Å². The highest BCUT2D eigenvalue weighted by Gasteiger charge is 2.23. The van der Waals surface area contributed by atoms with Crippen molar-refractivity contribution in [1.29, 1.82) is 0 Å². The Hall–Kier alpha value is -2.89. The third-order valence-corrected chi connectivity index (χ3v) is 4.77. The van der Waals surface area contributed by atoms with Gasteiger partial charge in [-0.25, -0.2) is 4.79 Å². The van der Waals surface area contributed by atoms with Crippen LogP contribution in [0, 0.1) is 5.92 Å². The molecule has 1 heterocycles. The van der Waals surface area contributed by atoms with Gasteiger partial charge in [-0.3, -0.25) is 0 Å². The van der Waals surface area contributed by atoms with E-state index in [1.807, 2.05) is 42.5 Å². The number of carbonyl (C=O) groups excluding carboxylic acids is 1. The SMILES string of the molecule is COc1cccc(CN(C)C(=O)N[C@@H](c2ccc3c(c2)OCCO3)C(C)C)c1. The summed E-state index contributed by atoms with van der Waals surface area (Å²) in [5, 5.41) is 3.15. The molecule has 0 radical (unpaired) electrons. The van der Waals surface area contributed by atoms with Crippen LogP contribution in [0.5, 0.6) is 17.2 Å². The van der Waals surface area contributed by atoms with Gasteiger partial charge in [0.15, 0.2) is 11.5 Å². The highest BCUT2D eigenvalue weighted by molar-refractivity contribution is 5.74. The summed E-state index contributed by atoms with van der Waals surface area (Å²) in [5.41, 5.74) is 2.01. The highest BCUT2D eigenvalue weighted by Crippen LogP contribution is 2.34. The van der Waals surface area contributed by atoms with Crippen molar-refractivity contribution in [2.75, 3.05) is 27.4 Å². The third kappa shape index (κ3) is 4.68. The van der Waals surface area contributed by atoms with Crippen LogP contribution in [0.2, 0.25) is 0 Å². The number of fused-ring (bicyclic) bond motifs is 1. The number of carbonyl (C=O) groups is 1. The van der Waals surface area contributed by atoms with Crippen molar-refractivity contribution in [2.45, 2.75) is 26.4 Å². The molecular formula is C22H28N2O4. The fourth-order valence-corrected chi connectivity index (χ4v) is 3.25. The van der Waals surface area contributed by atoms with Crippen LogP contribution >= 0.6 is 0 Å². The molecule has 0 unspecified atom stereocenters. The van der Waals surface area contributed by atoms with Crippen LogP contribution in [0.3, 0.4) is 0 Å². The van der Waals surface area contributed by atoms with Gasteiger partial charge >= 0.3 is 6.03 Å². The van der Waals surface area contributed by atoms with Crippen molar-refractivity contribution < 1.29 is 19.0 Å². The Morgan fingerprint density at radius 1 is 1.14 bits per heavy atom. The lowest BCUT2D eigenvalue weighted by Gasteiger charge is -2.28. The molecule has 0 saturated carbocycles. The van der Waals surface area contributed by atoms with E-state index in [-0.39, 0.29) is 18.0 Å². The normalized spacial score (nSPS) is 13.8. The van der Waals surface area contributed by atoms with Gasteiger partial charge < -0.3 is 24.4 Å². The molecule has 1 N–H and O–H groups in total. The first kappa shape index (κ1) is 19.9. The van der Waals surface area contributed by atoms with Crippen molar-refractivity contribution >= 4 is 6.03 Å². The van der Waals surface area contributed by atoms with Gasteiger partial charge in [-0.2, -0.15) is 0 Å². The molecule has 2 aromatic carbocycles. The average Bonchev–Trinajstić information content (AvgIpc) is 2.71. The van der Waals surface area contributed by atoms with Crippen LogP contribution in [0.4, 0.5) is 4.79 Å². The van der Waals surface area contributed by atoms with Gasteiger partial charge in [-0.15, -0.1) is 0 Å². The number of amides is 2. The zero-order chi connectivity index (χ0) is 20.1. The predicted octanol–water partition coefficient (Wildman–Crippen LogP) is 4.01. The molecule has 28 heavy (non-hydrogen) atoms. The monoisotopic (exact) mass is 384 g/mol. The van der Waals surface area contributed by atoms with E-state index >= 15 is 0 Å². The summed E-state index contributed by atoms with van der Waals surface area (Å²) in [5.74, 6) is 2.48. The van der Waals surface area contributed by atoms with Crippen molar-refractivity contribution in [3.63, 3.8) is 0 Å². The maximum Gasteiger partial charge on any atom is 0.317 e. The molecule has 2 aromatic rings. The standard InChI is InChI=1S/C22H28N2O4/c1-15(2)21(17-8-9-19-20(13-17)28-11-10-27-19)23-22(25)24(3)14-16-6-5-7-18(12-16)26-4/h5-9,12-13,15,21H,10-11,14H2,1-4H3,(H,23,25)/t21-/m1/s1. The lowest BCUT2D eigenvalue weighted by molar-refractivity contribution is 0.171. The molecule has 1 aliphatic heterocycles. The number of nitrogens with one attached hydrogen (secondary N) is 1. The molecule has 1 aliphatic rings. The molecule has 0 bridgehead atoms. The maximum atomic E-state index is 12.8. The van der Waals surface area contributed by atoms with Crippen LogP contribution in [0.1, 0.15) is 31.0 Å². The van der Waals surface area contributed by atoms with Gasteiger partial charge in [0, 0.05) is 13.6 Å². The number of methoxy groups -OCH3 is 1. The second-order valence-corrected chi connectivity index (χ2v) is 7.28. The molecule has 2 amide bonds. The Labute approximate surface area is 166 Å². The molecule has 0 saturated heterocycles. The highest BCUT2D eigenvalue weighted by atomic mass is 16.6. The topological polar surface area (TPSA) is 60.0 Å². The zero-order valence-corrected chi connectivity index (χ0v) is 16.9. The van der Waals surface area contributed by atoms with Crippen LogP contribution in [-0.2, 0) is 6.54 Å². The number of benzene rings is 2. The van der Waals surface area contributed by atoms with Gasteiger partial charge in [0.2, 0.25) is 0 Å². The van der Waals surface area contributed by atoms with E-state index in [4.69, 9.17) is 14.2 Å². The van der Waals surface area contributed by atoms with Gasteiger partial charge in [0.1, 0.15) is 19.0 Å². The first-order valence-electron chi connectivity index (χ1n) is 9.52. The van der Waals surface area contributed by atoms with Crippen LogP contribution < -0.4 is 19.5 Å². The lowest BCUT2D eigenvalue weighted by Crippen LogP contribution is -2.40. The summed E-state index contributed by atoms with van der Waals surface area (Å²) >= 11 is 0. The van der Waals surface area contributed by atoms with Crippen molar-refractivity contribution in [2.24, 2.45) is 5.92 Å². The summed E-state index contributed by atoms with van der Waals surface area (Å²) in [6.07, 6.45) is 0. The van der Waals surface area contributed by atoms with Crippen molar-refractivity contribution in [3.05, 3.63) is 53.6 Å². The van der Waals surface area contributed by atoms with Gasteiger partial charge in [0.05, 0.1) is 13.2 Å². The van der Waals surface area contributed by atoms with Crippen LogP contribution in [-0.4, -0.2) is 38.3 Å². The Morgan fingerprint density at radius 3 is 2.61 bits per heavy atom. The number of rotatable bonds is 6. The number of hydrogen-bond donors (Lipinski definition) is 1. The van der Waals surface area contributed by atoms with E-state index in [1.165, 1.54) is 0 Å². The molecule has 6 nitrogen and oxygen atoms in total. The van der Waals surface area contributed by atoms with Gasteiger partial charge in [-0.1, -0.05) is 32.0 Å². The van der Waals surface area contributed by atoms with Crippen molar-refractivity contribution in [1.82, 2.24) is 10.2 Å². The summed E-state index contributed by atoms with van der Waals surface area (Å²) in [6, 6.07) is 13.3. The maximum absolute atomic E-state index is 12.8. The molecule has 0 aliphatic carbocycles. The smallest absolute Gasteiger partial charge is 0.317 e. The predicted molar refractivity (Wildman–Crippen MR) is 108 cm³/mol. The molecule has 3 rings (SSSR count).